The Hall–Kier alpha value is -2.55. The minimum absolute atomic E-state index is 0.00210. The lowest BCUT2D eigenvalue weighted by atomic mass is 9.79. The van der Waals surface area contributed by atoms with Crippen LogP contribution in [0.3, 0.4) is 0 Å². The summed E-state index contributed by atoms with van der Waals surface area (Å²) in [4.78, 5) is 61.6. The normalized spacial score (nSPS) is 29.3. The zero-order valence-corrected chi connectivity index (χ0v) is 34.0. The maximum atomic E-state index is 13.3. The third-order valence-corrected chi connectivity index (χ3v) is 12.1. The molecule has 13 atom stereocenters. The van der Waals surface area contributed by atoms with Gasteiger partial charge in [0.2, 0.25) is 0 Å². The molecule has 3 rings (SSSR count). The van der Waals surface area contributed by atoms with Crippen LogP contribution in [0.2, 0.25) is 0 Å². The molecular weight excluding hydrogens is 700 g/mol. The summed E-state index contributed by atoms with van der Waals surface area (Å²) in [5, 5.41) is 32.7. The second kappa shape index (κ2) is 20.0. The maximum absolute atomic E-state index is 13.3. The number of hydrogen-bond donors (Lipinski definition) is 3. The molecule has 2 fully saturated rings. The van der Waals surface area contributed by atoms with E-state index in [0.29, 0.717) is 18.8 Å². The maximum Gasteiger partial charge on any atom is 0.345 e. The number of carbonyl (C=O) groups excluding carboxylic acids is 5. The molecule has 3 aliphatic heterocycles. The van der Waals surface area contributed by atoms with Gasteiger partial charge in [0, 0.05) is 43.8 Å². The Labute approximate surface area is 320 Å². The van der Waals surface area contributed by atoms with Gasteiger partial charge in [0.1, 0.15) is 23.8 Å². The van der Waals surface area contributed by atoms with Crippen LogP contribution in [0.15, 0.2) is 11.1 Å². The highest BCUT2D eigenvalue weighted by Crippen LogP contribution is 2.45. The van der Waals surface area contributed by atoms with Gasteiger partial charge in [-0.05, 0) is 76.0 Å². The molecule has 13 nitrogen and oxygen atoms in total. The smallest absolute Gasteiger partial charge is 0.345 e. The first-order valence-electron chi connectivity index (χ1n) is 19.8. The van der Waals surface area contributed by atoms with E-state index < -0.39 is 66.6 Å². The van der Waals surface area contributed by atoms with Crippen LogP contribution in [0.25, 0.3) is 0 Å². The number of methoxy groups -OCH3 is 1. The molecule has 0 saturated carbocycles. The van der Waals surface area contributed by atoms with Crippen LogP contribution in [-0.2, 0) is 47.7 Å². The van der Waals surface area contributed by atoms with Crippen LogP contribution in [0, 0.1) is 35.5 Å². The van der Waals surface area contributed by atoms with Crippen LogP contribution in [0.1, 0.15) is 127 Å². The van der Waals surface area contributed by atoms with Gasteiger partial charge >= 0.3 is 17.9 Å². The Balaban J connectivity index is 1.54. The van der Waals surface area contributed by atoms with Gasteiger partial charge in [-0.15, -0.1) is 0 Å². The number of cyclic esters (lactones) is 2. The van der Waals surface area contributed by atoms with Crippen LogP contribution in [-0.4, -0.2) is 100 Å². The largest absolute Gasteiger partial charge is 0.459 e. The first-order valence-corrected chi connectivity index (χ1v) is 19.8. The molecule has 3 heterocycles. The van der Waals surface area contributed by atoms with Gasteiger partial charge in [-0.1, -0.05) is 48.5 Å². The number of ether oxygens (including phenoxy) is 5. The van der Waals surface area contributed by atoms with Crippen molar-refractivity contribution in [2.45, 2.75) is 175 Å². The van der Waals surface area contributed by atoms with Gasteiger partial charge in [0.25, 0.3) is 0 Å². The van der Waals surface area contributed by atoms with Crippen molar-refractivity contribution in [3.8, 4) is 0 Å². The van der Waals surface area contributed by atoms with Crippen molar-refractivity contribution in [1.29, 1.82) is 0 Å². The standard InChI is InChI=1S/C41H66O13/c1-21(2)36(51-34(47)20-31(45)35-27(8)39(48)52-40(35)49)38(50-10)32(46)19-30(44)26(7)29(43)13-11-24(5)37-25(6)16-18-41(54-37)17-15-23(4)33(53-41)14-12-22(3)28(9)42/h21-26,29,31-33,36-38,43,45-46H,11-20H2,1-10H3/t22-,23+,24+,25-,26-,29-,31+,32+,33-,36?,37-,38-,41+/m0/s1. The van der Waals surface area contributed by atoms with Crippen molar-refractivity contribution in [1.82, 2.24) is 0 Å². The van der Waals surface area contributed by atoms with Gasteiger partial charge in [-0.3, -0.25) is 14.4 Å². The van der Waals surface area contributed by atoms with Crippen molar-refractivity contribution in [3.63, 3.8) is 0 Å². The minimum Gasteiger partial charge on any atom is -0.459 e. The van der Waals surface area contributed by atoms with E-state index in [2.05, 4.69) is 25.5 Å². The van der Waals surface area contributed by atoms with Crippen LogP contribution in [0.4, 0.5) is 0 Å². The van der Waals surface area contributed by atoms with Crippen molar-refractivity contribution in [3.05, 3.63) is 11.1 Å². The molecule has 54 heavy (non-hydrogen) atoms. The van der Waals surface area contributed by atoms with Gasteiger partial charge in [-0.25, -0.2) is 9.59 Å². The molecule has 0 aromatic carbocycles. The predicted molar refractivity (Wildman–Crippen MR) is 197 cm³/mol. The van der Waals surface area contributed by atoms with Gasteiger partial charge in [0.05, 0.1) is 42.5 Å². The Morgan fingerprint density at radius 1 is 0.852 bits per heavy atom. The molecule has 0 radical (unpaired) electrons. The molecule has 0 amide bonds. The van der Waals surface area contributed by atoms with Crippen LogP contribution in [0.5, 0.6) is 0 Å². The lowest BCUT2D eigenvalue weighted by Crippen LogP contribution is -2.53. The molecule has 308 valence electrons. The van der Waals surface area contributed by atoms with Gasteiger partial charge < -0.3 is 39.0 Å². The van der Waals surface area contributed by atoms with E-state index in [1.54, 1.807) is 27.7 Å². The first kappa shape index (κ1) is 45.8. The molecule has 1 spiro atoms. The molecule has 0 aromatic heterocycles. The summed E-state index contributed by atoms with van der Waals surface area (Å²) in [6.45, 7) is 16.5. The minimum atomic E-state index is -1.63. The quantitative estimate of drug-likeness (QED) is 0.113. The summed E-state index contributed by atoms with van der Waals surface area (Å²) in [6.07, 6.45) is -1.03. The molecule has 0 bridgehead atoms. The first-order chi connectivity index (χ1) is 25.2. The summed E-state index contributed by atoms with van der Waals surface area (Å²) in [5.74, 6) is -4.07. The average Bonchev–Trinajstić information content (AvgIpc) is 3.37. The third-order valence-electron chi connectivity index (χ3n) is 12.1. The second-order valence-corrected chi connectivity index (χ2v) is 16.8. The highest BCUT2D eigenvalue weighted by Gasteiger charge is 2.48. The van der Waals surface area contributed by atoms with E-state index in [-0.39, 0.29) is 65.0 Å². The molecule has 3 N–H and O–H groups in total. The van der Waals surface area contributed by atoms with E-state index in [1.807, 2.05) is 6.92 Å². The summed E-state index contributed by atoms with van der Waals surface area (Å²) < 4.78 is 29.1. The fraction of sp³-hybridized carbons (Fsp3) is 0.829. The van der Waals surface area contributed by atoms with E-state index in [0.717, 1.165) is 38.5 Å². The molecule has 1 unspecified atom stereocenters. The topological polar surface area (TPSA) is 192 Å². The van der Waals surface area contributed by atoms with Crippen LogP contribution < -0.4 is 0 Å². The van der Waals surface area contributed by atoms with Crippen molar-refractivity contribution in [2.24, 2.45) is 35.5 Å². The van der Waals surface area contributed by atoms with Gasteiger partial charge in [0.15, 0.2) is 5.79 Å². The number of carbonyl (C=O) groups is 5. The van der Waals surface area contributed by atoms with Crippen molar-refractivity contribution in [2.75, 3.05) is 7.11 Å². The Kier molecular flexibility index (Phi) is 17.0. The summed E-state index contributed by atoms with van der Waals surface area (Å²) in [7, 11) is 1.32. The summed E-state index contributed by atoms with van der Waals surface area (Å²) >= 11 is 0. The number of aliphatic hydroxyl groups excluding tert-OH is 3. The third kappa shape index (κ3) is 11.7. The highest BCUT2D eigenvalue weighted by atomic mass is 16.7. The van der Waals surface area contributed by atoms with E-state index in [9.17, 15) is 39.3 Å². The van der Waals surface area contributed by atoms with Crippen molar-refractivity contribution >= 4 is 29.5 Å². The van der Waals surface area contributed by atoms with E-state index in [4.69, 9.17) is 18.9 Å². The summed E-state index contributed by atoms with van der Waals surface area (Å²) in [5.41, 5.74) is -0.403. The number of Topliss-reactive ketones (excluding diaryl/α,β-unsaturated/α-hetero) is 2. The number of rotatable bonds is 20. The van der Waals surface area contributed by atoms with E-state index in [1.165, 1.54) is 14.0 Å². The molecule has 0 aliphatic carbocycles. The number of hydrogen-bond acceptors (Lipinski definition) is 13. The summed E-state index contributed by atoms with van der Waals surface area (Å²) in [6, 6.07) is 0. The van der Waals surface area contributed by atoms with Gasteiger partial charge in [-0.2, -0.15) is 0 Å². The lowest BCUT2D eigenvalue weighted by Gasteiger charge is -2.51. The van der Waals surface area contributed by atoms with Crippen molar-refractivity contribution < 1.29 is 63.0 Å². The fourth-order valence-electron chi connectivity index (χ4n) is 8.02. The zero-order chi connectivity index (χ0) is 40.7. The average molecular weight is 767 g/mol. The molecule has 0 aromatic rings. The molecule has 13 heteroatoms. The Bertz CT molecular complexity index is 1350. The van der Waals surface area contributed by atoms with Crippen LogP contribution >= 0.6 is 0 Å². The molecule has 3 aliphatic rings. The number of aliphatic hydroxyl groups is 3. The second-order valence-electron chi connectivity index (χ2n) is 16.8. The number of ketones is 2. The fourth-order valence-corrected chi connectivity index (χ4v) is 8.02. The zero-order valence-electron chi connectivity index (χ0n) is 34.0. The predicted octanol–water partition coefficient (Wildman–Crippen LogP) is 4.79. The highest BCUT2D eigenvalue weighted by molar-refractivity contribution is 6.12. The number of esters is 3. The molecule has 2 saturated heterocycles. The molecular formula is C41H66O13. The Morgan fingerprint density at radius 3 is 2.04 bits per heavy atom. The lowest BCUT2D eigenvalue weighted by molar-refractivity contribution is -0.338. The SMILES string of the molecule is CO[C@H](C(OC(=O)C[C@@H](O)C1=C(C)C(=O)OC1=O)C(C)C)[C@H](O)CC(=O)[C@@H](C)[C@@H](O)CC[C@@H](C)[C@@H]1O[C@]2(CC[C@@H](C)[C@H](CC[C@H](C)C(C)=O)O2)CC[C@@H]1C. The Morgan fingerprint density at radius 2 is 1.48 bits per heavy atom. The van der Waals surface area contributed by atoms with E-state index >= 15 is 0 Å². The monoisotopic (exact) mass is 766 g/mol.